The molecule has 1 heterocycles. The minimum Gasteiger partial charge on any atom is -0.461 e. The Labute approximate surface area is 178 Å². The van der Waals surface area contributed by atoms with E-state index in [-0.39, 0.29) is 31.3 Å². The quantitative estimate of drug-likeness (QED) is 0.291. The third kappa shape index (κ3) is 8.81. The van der Waals surface area contributed by atoms with Gasteiger partial charge in [-0.3, -0.25) is 4.79 Å². The predicted octanol–water partition coefficient (Wildman–Crippen LogP) is 2.50. The van der Waals surface area contributed by atoms with Crippen LogP contribution in [0.1, 0.15) is 38.7 Å². The van der Waals surface area contributed by atoms with E-state index in [1.54, 1.807) is 24.8 Å². The van der Waals surface area contributed by atoms with Crippen LogP contribution in [0.25, 0.3) is 0 Å². The summed E-state index contributed by atoms with van der Waals surface area (Å²) in [6.45, 7) is 3.81. The molecule has 1 aliphatic heterocycles. The van der Waals surface area contributed by atoms with E-state index >= 15 is 0 Å². The number of hydrogen-bond acceptors (Lipinski definition) is 5. The molecular formula is C24H31NO5. The van der Waals surface area contributed by atoms with Crippen molar-refractivity contribution in [3.05, 3.63) is 48.0 Å². The third-order valence-electron chi connectivity index (χ3n) is 4.59. The number of ether oxygens (including phenoxy) is 2. The summed E-state index contributed by atoms with van der Waals surface area (Å²) in [4.78, 5) is 25.4. The number of likely N-dealkylation sites (tertiary alicyclic amines) is 1. The predicted molar refractivity (Wildman–Crippen MR) is 114 cm³/mol. The molecule has 0 aromatic heterocycles. The van der Waals surface area contributed by atoms with Gasteiger partial charge in [-0.2, -0.15) is 0 Å². The Bertz CT molecular complexity index is 763. The van der Waals surface area contributed by atoms with Crippen LogP contribution in [-0.4, -0.2) is 59.9 Å². The fraction of sp³-hybridized carbons (Fsp3) is 0.500. The zero-order valence-corrected chi connectivity index (χ0v) is 17.8. The fourth-order valence-electron chi connectivity index (χ4n) is 3.21. The van der Waals surface area contributed by atoms with Gasteiger partial charge in [-0.05, 0) is 32.3 Å². The zero-order valence-electron chi connectivity index (χ0n) is 17.8. The van der Waals surface area contributed by atoms with Crippen molar-refractivity contribution in [3.8, 4) is 11.8 Å². The van der Waals surface area contributed by atoms with Gasteiger partial charge in [0.1, 0.15) is 13.2 Å². The van der Waals surface area contributed by atoms with E-state index in [2.05, 4.69) is 11.8 Å². The second kappa shape index (κ2) is 12.8. The lowest BCUT2D eigenvalue weighted by atomic mass is 9.99. The Hall–Kier alpha value is -2.62. The molecule has 0 bridgehead atoms. The smallest absolute Gasteiger partial charge is 0.332 e. The first-order valence-corrected chi connectivity index (χ1v) is 10.4. The molecule has 1 fully saturated rings. The molecule has 1 aliphatic rings. The number of carbonyl (C=O) groups excluding carboxylic acids is 2. The second-order valence-corrected chi connectivity index (χ2v) is 7.51. The molecule has 162 valence electrons. The van der Waals surface area contributed by atoms with Gasteiger partial charge in [-0.25, -0.2) is 4.79 Å². The van der Waals surface area contributed by atoms with Crippen molar-refractivity contribution in [2.45, 2.75) is 57.8 Å². The van der Waals surface area contributed by atoms with Gasteiger partial charge in [0, 0.05) is 12.8 Å². The zero-order chi connectivity index (χ0) is 21.8. The number of aliphatic hydroxyl groups is 1. The summed E-state index contributed by atoms with van der Waals surface area (Å²) < 4.78 is 10.1. The number of aliphatic hydroxyl groups excluding tert-OH is 1. The maximum Gasteiger partial charge on any atom is 0.332 e. The molecule has 1 amide bonds. The summed E-state index contributed by atoms with van der Waals surface area (Å²) in [6.07, 6.45) is 5.62. The highest BCUT2D eigenvalue weighted by molar-refractivity contribution is 5.78. The first kappa shape index (κ1) is 23.7. The molecule has 1 unspecified atom stereocenters. The van der Waals surface area contributed by atoms with Gasteiger partial charge in [0.2, 0.25) is 5.91 Å². The summed E-state index contributed by atoms with van der Waals surface area (Å²) in [6, 6.07) is 9.72. The molecule has 1 aromatic carbocycles. The van der Waals surface area contributed by atoms with Crippen molar-refractivity contribution >= 4 is 11.9 Å². The Balaban J connectivity index is 1.81. The Morgan fingerprint density at radius 2 is 2.07 bits per heavy atom. The molecular weight excluding hydrogens is 382 g/mol. The topological polar surface area (TPSA) is 76.1 Å². The third-order valence-corrected chi connectivity index (χ3v) is 4.59. The van der Waals surface area contributed by atoms with Crippen molar-refractivity contribution < 1.29 is 24.2 Å². The Kier molecular flexibility index (Phi) is 10.1. The van der Waals surface area contributed by atoms with E-state index in [4.69, 9.17) is 9.47 Å². The van der Waals surface area contributed by atoms with Gasteiger partial charge < -0.3 is 19.5 Å². The lowest BCUT2D eigenvalue weighted by Gasteiger charge is -2.32. The molecule has 6 nitrogen and oxygen atoms in total. The van der Waals surface area contributed by atoms with Gasteiger partial charge in [0.15, 0.2) is 0 Å². The molecule has 2 rings (SSSR count). The Morgan fingerprint density at radius 1 is 1.30 bits per heavy atom. The van der Waals surface area contributed by atoms with Crippen molar-refractivity contribution in [1.82, 2.24) is 4.90 Å². The van der Waals surface area contributed by atoms with Crippen molar-refractivity contribution in [1.29, 1.82) is 0 Å². The number of nitrogens with zero attached hydrogens (tertiary/aromatic N) is 1. The summed E-state index contributed by atoms with van der Waals surface area (Å²) in [5.41, 5.74) is 1.06. The van der Waals surface area contributed by atoms with Crippen LogP contribution in [0.15, 0.2) is 42.5 Å². The first-order valence-electron chi connectivity index (χ1n) is 10.4. The molecule has 0 radical (unpaired) electrons. The number of piperidine rings is 1. The van der Waals surface area contributed by atoms with E-state index in [1.165, 1.54) is 0 Å². The minimum atomic E-state index is -0.601. The maximum absolute atomic E-state index is 12.3. The van der Waals surface area contributed by atoms with E-state index in [0.717, 1.165) is 18.4 Å². The average molecular weight is 414 g/mol. The number of hydrogen-bond donors (Lipinski definition) is 1. The van der Waals surface area contributed by atoms with Crippen LogP contribution in [0.4, 0.5) is 0 Å². The minimum absolute atomic E-state index is 0.0594. The average Bonchev–Trinajstić information content (AvgIpc) is 2.70. The normalized spacial score (nSPS) is 17.7. The summed E-state index contributed by atoms with van der Waals surface area (Å²) >= 11 is 0. The molecule has 0 spiro atoms. The second-order valence-electron chi connectivity index (χ2n) is 7.51. The molecule has 1 aromatic rings. The van der Waals surface area contributed by atoms with Crippen LogP contribution in [-0.2, 0) is 25.5 Å². The fourth-order valence-corrected chi connectivity index (χ4v) is 3.21. The van der Waals surface area contributed by atoms with Crippen LogP contribution >= 0.6 is 0 Å². The molecule has 30 heavy (non-hydrogen) atoms. The van der Waals surface area contributed by atoms with E-state index < -0.39 is 12.1 Å². The van der Waals surface area contributed by atoms with Crippen LogP contribution < -0.4 is 0 Å². The Morgan fingerprint density at radius 3 is 2.80 bits per heavy atom. The SMILES string of the molecule is CC(C)OC(=O)COCC#CCN1C(=O)CCC[C@@H]1C=CC(O)Cc1ccccc1. The molecule has 2 atom stereocenters. The lowest BCUT2D eigenvalue weighted by Crippen LogP contribution is -2.42. The van der Waals surface area contributed by atoms with Gasteiger partial charge in [-0.1, -0.05) is 54.3 Å². The van der Waals surface area contributed by atoms with E-state index in [9.17, 15) is 14.7 Å². The van der Waals surface area contributed by atoms with Crippen LogP contribution in [0.2, 0.25) is 0 Å². The van der Waals surface area contributed by atoms with Crippen molar-refractivity contribution in [2.24, 2.45) is 0 Å². The highest BCUT2D eigenvalue weighted by Gasteiger charge is 2.25. The van der Waals surface area contributed by atoms with Gasteiger partial charge in [0.25, 0.3) is 0 Å². The molecule has 0 saturated carbocycles. The summed E-state index contributed by atoms with van der Waals surface area (Å²) in [5, 5.41) is 10.3. The van der Waals surface area contributed by atoms with E-state index in [0.29, 0.717) is 19.4 Å². The molecule has 6 heteroatoms. The number of rotatable bonds is 9. The summed E-state index contributed by atoms with van der Waals surface area (Å²) in [5.74, 6) is 5.41. The van der Waals surface area contributed by atoms with Crippen LogP contribution in [0, 0.1) is 11.8 Å². The highest BCUT2D eigenvalue weighted by atomic mass is 16.6. The number of carbonyl (C=O) groups is 2. The van der Waals surface area contributed by atoms with Gasteiger partial charge in [0.05, 0.1) is 24.8 Å². The molecule has 1 N–H and O–H groups in total. The van der Waals surface area contributed by atoms with Crippen molar-refractivity contribution in [3.63, 3.8) is 0 Å². The maximum atomic E-state index is 12.3. The number of esters is 1. The monoisotopic (exact) mass is 413 g/mol. The van der Waals surface area contributed by atoms with Crippen LogP contribution in [0.5, 0.6) is 0 Å². The first-order chi connectivity index (χ1) is 14.5. The highest BCUT2D eigenvalue weighted by Crippen LogP contribution is 2.19. The van der Waals surface area contributed by atoms with E-state index in [1.807, 2.05) is 36.4 Å². The van der Waals surface area contributed by atoms with Gasteiger partial charge in [-0.15, -0.1) is 0 Å². The summed E-state index contributed by atoms with van der Waals surface area (Å²) in [7, 11) is 0. The van der Waals surface area contributed by atoms with Crippen LogP contribution in [0.3, 0.4) is 0 Å². The number of benzene rings is 1. The largest absolute Gasteiger partial charge is 0.461 e. The molecule has 0 aliphatic carbocycles. The standard InChI is InChI=1S/C24H31NO5/c1-19(2)30-24(28)18-29-16-7-6-15-25-21(11-8-12-23(25)27)13-14-22(26)17-20-9-4-3-5-10-20/h3-5,9-10,13-14,19,21-22,26H,8,11-12,15-18H2,1-2H3/t21-,22?/m1/s1. The van der Waals surface area contributed by atoms with Gasteiger partial charge >= 0.3 is 5.97 Å². The lowest BCUT2D eigenvalue weighted by molar-refractivity contribution is -0.152. The number of amides is 1. The van der Waals surface area contributed by atoms with Crippen molar-refractivity contribution in [2.75, 3.05) is 19.8 Å². The molecule has 1 saturated heterocycles.